The molecule has 5 heteroatoms. The van der Waals surface area contributed by atoms with Crippen molar-refractivity contribution in [1.29, 1.82) is 0 Å². The van der Waals surface area contributed by atoms with Crippen LogP contribution in [0.5, 0.6) is 5.75 Å². The molecule has 0 aliphatic carbocycles. The van der Waals surface area contributed by atoms with E-state index in [0.29, 0.717) is 19.2 Å². The van der Waals surface area contributed by atoms with E-state index < -0.39 is 0 Å². The van der Waals surface area contributed by atoms with Gasteiger partial charge in [-0.25, -0.2) is 0 Å². The molecule has 1 saturated heterocycles. The number of carbonyl (C=O) groups excluding carboxylic acids is 1. The van der Waals surface area contributed by atoms with Crippen LogP contribution >= 0.6 is 0 Å². The van der Waals surface area contributed by atoms with E-state index in [1.54, 1.807) is 0 Å². The normalized spacial score (nSPS) is 20.1. The molecule has 0 bridgehead atoms. The van der Waals surface area contributed by atoms with Gasteiger partial charge in [0.15, 0.2) is 0 Å². The summed E-state index contributed by atoms with van der Waals surface area (Å²) in [5, 5.41) is 3.29. The van der Waals surface area contributed by atoms with Gasteiger partial charge in [0, 0.05) is 12.6 Å². The number of carbonyl (C=O) groups is 1. The molecule has 2 unspecified atom stereocenters. The highest BCUT2D eigenvalue weighted by molar-refractivity contribution is 5.81. The Hall–Kier alpha value is -1.59. The predicted molar refractivity (Wildman–Crippen MR) is 83.2 cm³/mol. The van der Waals surface area contributed by atoms with E-state index in [0.717, 1.165) is 17.9 Å². The molecule has 1 fully saturated rings. The van der Waals surface area contributed by atoms with Crippen LogP contribution in [0.4, 0.5) is 0 Å². The quantitative estimate of drug-likeness (QED) is 0.862. The highest BCUT2D eigenvalue weighted by Gasteiger charge is 2.32. The molecule has 1 aromatic carbocycles. The lowest BCUT2D eigenvalue weighted by molar-refractivity contribution is -0.128. The van der Waals surface area contributed by atoms with E-state index in [9.17, 15) is 4.79 Å². The van der Waals surface area contributed by atoms with Gasteiger partial charge in [-0.15, -0.1) is 0 Å². The summed E-state index contributed by atoms with van der Waals surface area (Å²) in [6.07, 6.45) is -0.0458. The van der Waals surface area contributed by atoms with Crippen LogP contribution in [0.1, 0.15) is 25.6 Å². The van der Waals surface area contributed by atoms with Crippen LogP contribution in [0.25, 0.3) is 0 Å². The third-order valence-corrected chi connectivity index (χ3v) is 3.93. The second-order valence-corrected chi connectivity index (χ2v) is 5.64. The van der Waals surface area contributed by atoms with Crippen LogP contribution in [0, 0.1) is 0 Å². The first kappa shape index (κ1) is 15.8. The molecule has 1 aromatic rings. The van der Waals surface area contributed by atoms with Crippen LogP contribution < -0.4 is 10.1 Å². The van der Waals surface area contributed by atoms with Crippen LogP contribution in [-0.4, -0.2) is 55.5 Å². The van der Waals surface area contributed by atoms with Gasteiger partial charge in [-0.1, -0.05) is 12.1 Å². The first-order valence-corrected chi connectivity index (χ1v) is 7.45. The van der Waals surface area contributed by atoms with Crippen molar-refractivity contribution >= 4 is 5.91 Å². The van der Waals surface area contributed by atoms with E-state index in [2.05, 4.69) is 17.1 Å². The van der Waals surface area contributed by atoms with Gasteiger partial charge < -0.3 is 14.5 Å². The Morgan fingerprint density at radius 1 is 1.38 bits per heavy atom. The van der Waals surface area contributed by atoms with Gasteiger partial charge in [-0.3, -0.25) is 10.1 Å². The van der Waals surface area contributed by atoms with Crippen molar-refractivity contribution in [3.05, 3.63) is 29.8 Å². The lowest BCUT2D eigenvalue weighted by atomic mass is 10.1. The molecule has 1 aliphatic rings. The number of rotatable bonds is 6. The van der Waals surface area contributed by atoms with Gasteiger partial charge in [0.2, 0.25) is 5.91 Å². The van der Waals surface area contributed by atoms with Crippen molar-refractivity contribution in [2.75, 3.05) is 33.8 Å². The molecule has 0 spiro atoms. The van der Waals surface area contributed by atoms with Crippen molar-refractivity contribution in [2.45, 2.75) is 26.1 Å². The Morgan fingerprint density at radius 3 is 2.62 bits per heavy atom. The monoisotopic (exact) mass is 291 g/mol. The van der Waals surface area contributed by atoms with Gasteiger partial charge in [0.1, 0.15) is 11.9 Å². The molecule has 116 valence electrons. The summed E-state index contributed by atoms with van der Waals surface area (Å²) >= 11 is 0. The van der Waals surface area contributed by atoms with Crippen molar-refractivity contribution in [2.24, 2.45) is 0 Å². The van der Waals surface area contributed by atoms with Crippen molar-refractivity contribution < 1.29 is 9.53 Å². The van der Waals surface area contributed by atoms with Crippen molar-refractivity contribution in [1.82, 2.24) is 15.1 Å². The summed E-state index contributed by atoms with van der Waals surface area (Å²) in [7, 11) is 4.06. The fourth-order valence-electron chi connectivity index (χ4n) is 2.41. The number of hydrogen-bond donors (Lipinski definition) is 1. The first-order valence-electron chi connectivity index (χ1n) is 7.45. The van der Waals surface area contributed by atoms with Crippen molar-refractivity contribution in [3.63, 3.8) is 0 Å². The number of nitrogens with one attached hydrogen (secondary N) is 1. The standard InChI is InChI=1S/C16H25N3O2/c1-5-21-14-8-6-13(7-9-14)16-17-10-15(20)19(16)11-12(2)18(3)4/h6-9,12,16-17H,5,10-11H2,1-4H3. The van der Waals surface area contributed by atoms with Crippen LogP contribution in [0.15, 0.2) is 24.3 Å². The largest absolute Gasteiger partial charge is 0.494 e. The molecule has 1 aliphatic heterocycles. The first-order chi connectivity index (χ1) is 10.0. The van der Waals surface area contributed by atoms with E-state index in [1.807, 2.05) is 50.2 Å². The van der Waals surface area contributed by atoms with E-state index in [4.69, 9.17) is 4.74 Å². The Morgan fingerprint density at radius 2 is 2.05 bits per heavy atom. The molecule has 2 atom stereocenters. The Labute approximate surface area is 126 Å². The highest BCUT2D eigenvalue weighted by atomic mass is 16.5. The molecule has 0 saturated carbocycles. The summed E-state index contributed by atoms with van der Waals surface area (Å²) < 4.78 is 5.46. The zero-order valence-electron chi connectivity index (χ0n) is 13.3. The number of likely N-dealkylation sites (N-methyl/N-ethyl adjacent to an activating group) is 1. The fraction of sp³-hybridized carbons (Fsp3) is 0.562. The molecule has 1 heterocycles. The highest BCUT2D eigenvalue weighted by Crippen LogP contribution is 2.25. The molecule has 0 radical (unpaired) electrons. The minimum atomic E-state index is -0.0458. The average Bonchev–Trinajstić information content (AvgIpc) is 2.81. The lowest BCUT2D eigenvalue weighted by Crippen LogP contribution is -2.41. The smallest absolute Gasteiger partial charge is 0.238 e. The zero-order chi connectivity index (χ0) is 15.4. The number of benzene rings is 1. The maximum atomic E-state index is 12.1. The summed E-state index contributed by atoms with van der Waals surface area (Å²) in [6, 6.07) is 8.27. The molecule has 2 rings (SSSR count). The van der Waals surface area contributed by atoms with E-state index in [-0.39, 0.29) is 12.1 Å². The second kappa shape index (κ2) is 6.91. The summed E-state index contributed by atoms with van der Waals surface area (Å²) in [5.74, 6) is 1.02. The van der Waals surface area contributed by atoms with Crippen molar-refractivity contribution in [3.8, 4) is 5.75 Å². The van der Waals surface area contributed by atoms with Crippen LogP contribution in [-0.2, 0) is 4.79 Å². The van der Waals surface area contributed by atoms with Gasteiger partial charge >= 0.3 is 0 Å². The number of ether oxygens (including phenoxy) is 1. The fourth-order valence-corrected chi connectivity index (χ4v) is 2.41. The van der Waals surface area contributed by atoms with Gasteiger partial charge in [0.25, 0.3) is 0 Å². The Kier molecular flexibility index (Phi) is 5.20. The SMILES string of the molecule is CCOc1ccc(C2NCC(=O)N2CC(C)N(C)C)cc1. The van der Waals surface area contributed by atoms with Crippen LogP contribution in [0.3, 0.4) is 0 Å². The van der Waals surface area contributed by atoms with Gasteiger partial charge in [-0.05, 0) is 45.6 Å². The molecule has 21 heavy (non-hydrogen) atoms. The zero-order valence-corrected chi connectivity index (χ0v) is 13.3. The minimum Gasteiger partial charge on any atom is -0.494 e. The molecular weight excluding hydrogens is 266 g/mol. The number of hydrogen-bond acceptors (Lipinski definition) is 4. The molecule has 1 amide bonds. The maximum absolute atomic E-state index is 12.1. The molecule has 1 N–H and O–H groups in total. The summed E-state index contributed by atoms with van der Waals surface area (Å²) in [4.78, 5) is 16.1. The third kappa shape index (κ3) is 3.74. The summed E-state index contributed by atoms with van der Waals surface area (Å²) in [6.45, 7) is 5.87. The van der Waals surface area contributed by atoms with Gasteiger partial charge in [0.05, 0.1) is 13.2 Å². The average molecular weight is 291 g/mol. The predicted octanol–water partition coefficient (Wildman–Crippen LogP) is 1.47. The molecule has 5 nitrogen and oxygen atoms in total. The number of nitrogens with zero attached hydrogens (tertiary/aromatic N) is 2. The molecular formula is C16H25N3O2. The Bertz CT molecular complexity index is 473. The maximum Gasteiger partial charge on any atom is 0.238 e. The van der Waals surface area contributed by atoms with E-state index >= 15 is 0 Å². The van der Waals surface area contributed by atoms with Crippen LogP contribution in [0.2, 0.25) is 0 Å². The number of amides is 1. The minimum absolute atomic E-state index is 0.0458. The topological polar surface area (TPSA) is 44.8 Å². The van der Waals surface area contributed by atoms with Gasteiger partial charge in [-0.2, -0.15) is 0 Å². The second-order valence-electron chi connectivity index (χ2n) is 5.64. The third-order valence-electron chi connectivity index (χ3n) is 3.93. The van der Waals surface area contributed by atoms with E-state index in [1.165, 1.54) is 0 Å². The Balaban J connectivity index is 2.11. The summed E-state index contributed by atoms with van der Waals surface area (Å²) in [5.41, 5.74) is 1.09. The molecule has 0 aromatic heterocycles. The lowest BCUT2D eigenvalue weighted by Gasteiger charge is -2.30.